The fraction of sp³-hybridized carbons (Fsp3) is 0.167. The minimum absolute atomic E-state index is 0.210. The molecule has 22 heavy (non-hydrogen) atoms. The molecule has 4 heteroatoms. The molecule has 0 aliphatic carbocycles. The Morgan fingerprint density at radius 1 is 1.18 bits per heavy atom. The minimum atomic E-state index is -0.255. The second-order valence-corrected chi connectivity index (χ2v) is 5.50. The van der Waals surface area contributed by atoms with Crippen molar-refractivity contribution in [1.82, 2.24) is 0 Å². The molecule has 3 nitrogen and oxygen atoms in total. The first-order valence-corrected chi connectivity index (χ1v) is 7.24. The van der Waals surface area contributed by atoms with Crippen molar-refractivity contribution in [2.75, 3.05) is 11.4 Å². The number of hydrogen-bond donors (Lipinski definition) is 0. The van der Waals surface area contributed by atoms with Crippen LogP contribution >= 0.6 is 0 Å². The second-order valence-electron chi connectivity index (χ2n) is 5.50. The van der Waals surface area contributed by atoms with Crippen LogP contribution in [0.5, 0.6) is 0 Å². The molecular formula is C18H14FNO2. The van der Waals surface area contributed by atoms with Gasteiger partial charge in [0.2, 0.25) is 0 Å². The number of carbonyl (C=O) groups excluding carboxylic acids is 1. The molecule has 0 unspecified atom stereocenters. The number of carbonyl (C=O) groups is 1. The van der Waals surface area contributed by atoms with E-state index in [0.29, 0.717) is 35.6 Å². The number of nitrogens with zero attached hydrogens (tertiary/aromatic N) is 1. The molecule has 0 radical (unpaired) electrons. The first kappa shape index (κ1) is 13.1. The Kier molecular flexibility index (Phi) is 2.79. The Morgan fingerprint density at radius 3 is 2.82 bits per heavy atom. The van der Waals surface area contributed by atoms with Crippen LogP contribution in [0.3, 0.4) is 0 Å². The van der Waals surface area contributed by atoms with Gasteiger partial charge in [-0.25, -0.2) is 4.39 Å². The number of anilines is 1. The fourth-order valence-electron chi connectivity index (χ4n) is 3.10. The van der Waals surface area contributed by atoms with Crippen LogP contribution in [-0.4, -0.2) is 12.5 Å². The number of amides is 1. The lowest BCUT2D eigenvalue weighted by Gasteiger charge is -2.16. The van der Waals surface area contributed by atoms with Gasteiger partial charge in [-0.1, -0.05) is 24.3 Å². The molecule has 1 aromatic heterocycles. The van der Waals surface area contributed by atoms with Gasteiger partial charge >= 0.3 is 0 Å². The number of hydrogen-bond acceptors (Lipinski definition) is 2. The van der Waals surface area contributed by atoms with Crippen molar-refractivity contribution in [3.63, 3.8) is 0 Å². The largest absolute Gasteiger partial charge is 0.451 e. The van der Waals surface area contributed by atoms with Crippen molar-refractivity contribution in [2.24, 2.45) is 0 Å². The second kappa shape index (κ2) is 4.70. The van der Waals surface area contributed by atoms with E-state index in [0.717, 1.165) is 10.9 Å². The standard InChI is InChI=1S/C18H14FNO2/c1-11-12-5-2-3-8-16(12)22-17(11)18(21)20-10-9-13-14(19)6-4-7-15(13)20/h2-8H,9-10H2,1H3. The van der Waals surface area contributed by atoms with Crippen LogP contribution in [0.2, 0.25) is 0 Å². The summed E-state index contributed by atoms with van der Waals surface area (Å²) in [6.45, 7) is 2.35. The van der Waals surface area contributed by atoms with Gasteiger partial charge in [0.1, 0.15) is 11.4 Å². The van der Waals surface area contributed by atoms with E-state index in [1.165, 1.54) is 6.07 Å². The molecule has 0 saturated carbocycles. The van der Waals surface area contributed by atoms with Gasteiger partial charge < -0.3 is 9.32 Å². The lowest BCUT2D eigenvalue weighted by atomic mass is 10.1. The molecule has 0 N–H and O–H groups in total. The Balaban J connectivity index is 1.80. The van der Waals surface area contributed by atoms with Crippen LogP contribution in [0.15, 0.2) is 46.9 Å². The van der Waals surface area contributed by atoms with Gasteiger partial charge in [0, 0.05) is 23.1 Å². The number of para-hydroxylation sites is 1. The molecule has 110 valence electrons. The lowest BCUT2D eigenvalue weighted by Crippen LogP contribution is -2.29. The van der Waals surface area contributed by atoms with Crippen molar-refractivity contribution in [1.29, 1.82) is 0 Å². The third kappa shape index (κ3) is 1.77. The highest BCUT2D eigenvalue weighted by atomic mass is 19.1. The van der Waals surface area contributed by atoms with Crippen LogP contribution in [-0.2, 0) is 6.42 Å². The van der Waals surface area contributed by atoms with E-state index in [9.17, 15) is 9.18 Å². The van der Waals surface area contributed by atoms with Crippen molar-refractivity contribution in [2.45, 2.75) is 13.3 Å². The zero-order valence-corrected chi connectivity index (χ0v) is 12.1. The summed E-state index contributed by atoms with van der Waals surface area (Å²) < 4.78 is 19.5. The summed E-state index contributed by atoms with van der Waals surface area (Å²) in [6.07, 6.45) is 0.535. The van der Waals surface area contributed by atoms with Crippen LogP contribution in [0, 0.1) is 12.7 Å². The van der Waals surface area contributed by atoms with Gasteiger partial charge in [0.15, 0.2) is 5.76 Å². The van der Waals surface area contributed by atoms with E-state index >= 15 is 0 Å². The predicted octanol–water partition coefficient (Wildman–Crippen LogP) is 4.08. The molecule has 0 spiro atoms. The van der Waals surface area contributed by atoms with Gasteiger partial charge in [0.25, 0.3) is 5.91 Å². The molecular weight excluding hydrogens is 281 g/mol. The number of aryl methyl sites for hydroxylation is 1. The number of fused-ring (bicyclic) bond motifs is 2. The molecule has 4 rings (SSSR count). The molecule has 3 aromatic rings. The van der Waals surface area contributed by atoms with Gasteiger partial charge in [-0.3, -0.25) is 4.79 Å². The van der Waals surface area contributed by atoms with Crippen molar-refractivity contribution < 1.29 is 13.6 Å². The SMILES string of the molecule is Cc1c(C(=O)N2CCc3c(F)cccc32)oc2ccccc12. The average Bonchev–Trinajstić information content (AvgIpc) is 3.10. The quantitative estimate of drug-likeness (QED) is 0.677. The Hall–Kier alpha value is -2.62. The van der Waals surface area contributed by atoms with Crippen molar-refractivity contribution in [3.8, 4) is 0 Å². The highest BCUT2D eigenvalue weighted by molar-refractivity contribution is 6.08. The summed E-state index contributed by atoms with van der Waals surface area (Å²) in [5.74, 6) is -0.134. The minimum Gasteiger partial charge on any atom is -0.451 e. The summed E-state index contributed by atoms with van der Waals surface area (Å²) >= 11 is 0. The fourth-order valence-corrected chi connectivity index (χ4v) is 3.10. The Morgan fingerprint density at radius 2 is 2.00 bits per heavy atom. The molecule has 1 amide bonds. The summed E-state index contributed by atoms with van der Waals surface area (Å²) in [6, 6.07) is 12.4. The molecule has 0 atom stereocenters. The lowest BCUT2D eigenvalue weighted by molar-refractivity contribution is 0.0964. The highest BCUT2D eigenvalue weighted by Gasteiger charge is 2.30. The topological polar surface area (TPSA) is 33.5 Å². The number of benzene rings is 2. The van der Waals surface area contributed by atoms with Gasteiger partial charge in [-0.05, 0) is 31.5 Å². The van der Waals surface area contributed by atoms with Crippen molar-refractivity contribution >= 4 is 22.6 Å². The van der Waals surface area contributed by atoms with Gasteiger partial charge in [-0.15, -0.1) is 0 Å². The molecule has 0 fully saturated rings. The van der Waals surface area contributed by atoms with Crippen LogP contribution < -0.4 is 4.90 Å². The summed E-state index contributed by atoms with van der Waals surface area (Å²) in [5.41, 5.74) is 2.77. The summed E-state index contributed by atoms with van der Waals surface area (Å²) in [5, 5.41) is 0.935. The zero-order valence-electron chi connectivity index (χ0n) is 12.1. The number of halogens is 1. The molecule has 0 bridgehead atoms. The smallest absolute Gasteiger partial charge is 0.294 e. The molecule has 0 saturated heterocycles. The monoisotopic (exact) mass is 295 g/mol. The third-order valence-electron chi connectivity index (χ3n) is 4.25. The molecule has 2 aromatic carbocycles. The maximum Gasteiger partial charge on any atom is 0.294 e. The first-order chi connectivity index (χ1) is 10.7. The number of furan rings is 1. The average molecular weight is 295 g/mol. The van der Waals surface area contributed by atoms with E-state index in [4.69, 9.17) is 4.42 Å². The van der Waals surface area contributed by atoms with Crippen molar-refractivity contribution in [3.05, 3.63) is 65.2 Å². The van der Waals surface area contributed by atoms with E-state index in [-0.39, 0.29) is 11.7 Å². The normalized spacial score (nSPS) is 13.6. The van der Waals surface area contributed by atoms with Gasteiger partial charge in [0.05, 0.1) is 5.69 Å². The van der Waals surface area contributed by atoms with Crippen LogP contribution in [0.25, 0.3) is 11.0 Å². The van der Waals surface area contributed by atoms with Crippen LogP contribution in [0.4, 0.5) is 10.1 Å². The zero-order chi connectivity index (χ0) is 15.3. The number of rotatable bonds is 1. The van der Waals surface area contributed by atoms with E-state index < -0.39 is 0 Å². The third-order valence-corrected chi connectivity index (χ3v) is 4.25. The predicted molar refractivity (Wildman–Crippen MR) is 82.7 cm³/mol. The van der Waals surface area contributed by atoms with E-state index in [1.807, 2.05) is 31.2 Å². The molecule has 1 aliphatic rings. The summed E-state index contributed by atoms with van der Waals surface area (Å²) in [7, 11) is 0. The maximum atomic E-state index is 13.8. The first-order valence-electron chi connectivity index (χ1n) is 7.24. The van der Waals surface area contributed by atoms with E-state index in [2.05, 4.69) is 0 Å². The Bertz CT molecular complexity index is 897. The highest BCUT2D eigenvalue weighted by Crippen LogP contribution is 2.33. The van der Waals surface area contributed by atoms with E-state index in [1.54, 1.807) is 17.0 Å². The maximum absolute atomic E-state index is 13.8. The summed E-state index contributed by atoms with van der Waals surface area (Å²) in [4.78, 5) is 14.4. The Labute approximate surface area is 127 Å². The molecule has 2 heterocycles. The van der Waals surface area contributed by atoms with Gasteiger partial charge in [-0.2, -0.15) is 0 Å². The van der Waals surface area contributed by atoms with Crippen LogP contribution in [0.1, 0.15) is 21.7 Å². The molecule has 1 aliphatic heterocycles.